The predicted octanol–water partition coefficient (Wildman–Crippen LogP) is 3.04. The highest BCUT2D eigenvalue weighted by Gasteiger charge is 2.10. The third-order valence-electron chi connectivity index (χ3n) is 2.16. The van der Waals surface area contributed by atoms with Gasteiger partial charge in [0.25, 0.3) is 0 Å². The fraction of sp³-hybridized carbons (Fsp3) is 0.167. The molecule has 0 aliphatic rings. The molecule has 0 fully saturated rings. The maximum absolute atomic E-state index is 9.66. The number of furan rings is 1. The van der Waals surface area contributed by atoms with Gasteiger partial charge in [-0.05, 0) is 18.6 Å². The van der Waals surface area contributed by atoms with Crippen molar-refractivity contribution in [3.63, 3.8) is 0 Å². The van der Waals surface area contributed by atoms with Crippen LogP contribution in [0.15, 0.2) is 47.4 Å². The van der Waals surface area contributed by atoms with Crippen molar-refractivity contribution in [1.82, 2.24) is 0 Å². The van der Waals surface area contributed by atoms with Crippen molar-refractivity contribution in [2.24, 2.45) is 0 Å². The van der Waals surface area contributed by atoms with Gasteiger partial charge in [0.15, 0.2) is 0 Å². The van der Waals surface area contributed by atoms with Crippen LogP contribution in [0.25, 0.3) is 11.0 Å². The van der Waals surface area contributed by atoms with Crippen LogP contribution >= 0.6 is 0 Å². The lowest BCUT2D eigenvalue weighted by Crippen LogP contribution is -1.91. The molecule has 0 saturated carbocycles. The number of rotatable bonds is 3. The Bertz CT molecular complexity index is 409. The molecule has 0 aliphatic heterocycles. The monoisotopic (exact) mass is 188 g/mol. The topological polar surface area (TPSA) is 33.4 Å². The van der Waals surface area contributed by atoms with E-state index in [1.165, 1.54) is 0 Å². The molecule has 2 rings (SSSR count). The Balaban J connectivity index is 2.39. The Morgan fingerprint density at radius 3 is 2.93 bits per heavy atom. The molecule has 0 radical (unpaired) electrons. The molecule has 2 aromatic rings. The highest BCUT2D eigenvalue weighted by Crippen LogP contribution is 2.25. The molecule has 0 aliphatic carbocycles. The molecule has 2 heteroatoms. The smallest absolute Gasteiger partial charge is 0.134 e. The van der Waals surface area contributed by atoms with E-state index in [4.69, 9.17) is 4.42 Å². The Morgan fingerprint density at radius 1 is 1.43 bits per heavy atom. The maximum atomic E-state index is 9.66. The zero-order valence-electron chi connectivity index (χ0n) is 7.81. The molecular formula is C12H12O2. The van der Waals surface area contributed by atoms with Gasteiger partial charge in [0.2, 0.25) is 0 Å². The number of benzene rings is 1. The highest BCUT2D eigenvalue weighted by atomic mass is 16.4. The van der Waals surface area contributed by atoms with Gasteiger partial charge in [-0.15, -0.1) is 6.58 Å². The van der Waals surface area contributed by atoms with E-state index in [9.17, 15) is 5.11 Å². The van der Waals surface area contributed by atoms with Crippen LogP contribution in [0.2, 0.25) is 0 Å². The molecule has 0 spiro atoms. The van der Waals surface area contributed by atoms with E-state index in [1.54, 1.807) is 6.08 Å². The number of aliphatic hydroxyl groups excluding tert-OH is 1. The van der Waals surface area contributed by atoms with Crippen molar-refractivity contribution in [3.05, 3.63) is 48.7 Å². The highest BCUT2D eigenvalue weighted by molar-refractivity contribution is 5.77. The van der Waals surface area contributed by atoms with Crippen LogP contribution in [-0.2, 0) is 0 Å². The summed E-state index contributed by atoms with van der Waals surface area (Å²) in [6.07, 6.45) is 1.61. The van der Waals surface area contributed by atoms with Gasteiger partial charge in [-0.2, -0.15) is 0 Å². The van der Waals surface area contributed by atoms with Crippen molar-refractivity contribution in [1.29, 1.82) is 0 Å². The number of hydrogen-bond acceptors (Lipinski definition) is 2. The maximum Gasteiger partial charge on any atom is 0.134 e. The van der Waals surface area contributed by atoms with Crippen molar-refractivity contribution < 1.29 is 9.52 Å². The fourth-order valence-electron chi connectivity index (χ4n) is 1.44. The van der Waals surface area contributed by atoms with Gasteiger partial charge >= 0.3 is 0 Å². The minimum absolute atomic E-state index is 0.514. The zero-order valence-corrected chi connectivity index (χ0v) is 7.81. The fourth-order valence-corrected chi connectivity index (χ4v) is 1.44. The molecule has 1 heterocycles. The molecule has 1 atom stereocenters. The molecule has 2 nitrogen and oxygen atoms in total. The van der Waals surface area contributed by atoms with Crippen LogP contribution in [0.4, 0.5) is 0 Å². The molecule has 0 saturated heterocycles. The van der Waals surface area contributed by atoms with Gasteiger partial charge in [-0.25, -0.2) is 0 Å². The zero-order chi connectivity index (χ0) is 9.97. The lowest BCUT2D eigenvalue weighted by atomic mass is 10.2. The van der Waals surface area contributed by atoms with E-state index in [0.717, 1.165) is 11.0 Å². The van der Waals surface area contributed by atoms with E-state index in [1.807, 2.05) is 30.3 Å². The van der Waals surface area contributed by atoms with Crippen LogP contribution in [0.3, 0.4) is 0 Å². The summed E-state index contributed by atoms with van der Waals surface area (Å²) in [6.45, 7) is 3.58. The van der Waals surface area contributed by atoms with E-state index in [2.05, 4.69) is 6.58 Å². The van der Waals surface area contributed by atoms with Gasteiger partial charge in [0, 0.05) is 5.39 Å². The van der Waals surface area contributed by atoms with Gasteiger partial charge in [-0.1, -0.05) is 24.3 Å². The summed E-state index contributed by atoms with van der Waals surface area (Å²) in [5.41, 5.74) is 0.811. The number of aliphatic hydroxyl groups is 1. The number of hydrogen-bond donors (Lipinski definition) is 1. The van der Waals surface area contributed by atoms with Crippen LogP contribution in [-0.4, -0.2) is 5.11 Å². The average Bonchev–Trinajstić information content (AvgIpc) is 2.61. The Kier molecular flexibility index (Phi) is 2.37. The predicted molar refractivity (Wildman–Crippen MR) is 56.0 cm³/mol. The summed E-state index contributed by atoms with van der Waals surface area (Å²) in [5.74, 6) is 0.603. The Labute approximate surface area is 82.5 Å². The van der Waals surface area contributed by atoms with Crippen molar-refractivity contribution >= 4 is 11.0 Å². The Hall–Kier alpha value is -1.54. The van der Waals surface area contributed by atoms with E-state index in [-0.39, 0.29) is 0 Å². The summed E-state index contributed by atoms with van der Waals surface area (Å²) >= 11 is 0. The molecule has 1 aromatic heterocycles. The average molecular weight is 188 g/mol. The van der Waals surface area contributed by atoms with Crippen LogP contribution in [0, 0.1) is 0 Å². The molecule has 0 bridgehead atoms. The standard InChI is InChI=1S/C12H12O2/c1-2-5-10(13)12-8-9-6-3-4-7-11(9)14-12/h2-4,6-8,10,13H,1,5H2. The van der Waals surface area contributed by atoms with Crippen LogP contribution < -0.4 is 0 Å². The summed E-state index contributed by atoms with van der Waals surface area (Å²) in [6, 6.07) is 9.57. The normalized spacial score (nSPS) is 12.9. The van der Waals surface area contributed by atoms with Crippen molar-refractivity contribution in [2.75, 3.05) is 0 Å². The van der Waals surface area contributed by atoms with Crippen LogP contribution in [0.1, 0.15) is 18.3 Å². The second-order valence-corrected chi connectivity index (χ2v) is 3.23. The summed E-state index contributed by atoms with van der Waals surface area (Å²) in [4.78, 5) is 0. The quantitative estimate of drug-likeness (QED) is 0.751. The molecule has 1 aromatic carbocycles. The van der Waals surface area contributed by atoms with Gasteiger partial charge in [0.1, 0.15) is 17.4 Å². The SMILES string of the molecule is C=CCC(O)c1cc2ccccc2o1. The Morgan fingerprint density at radius 2 is 2.21 bits per heavy atom. The second kappa shape index (κ2) is 3.68. The van der Waals surface area contributed by atoms with E-state index in [0.29, 0.717) is 12.2 Å². The summed E-state index contributed by atoms with van der Waals surface area (Å²) < 4.78 is 5.48. The molecular weight excluding hydrogens is 176 g/mol. The third-order valence-corrected chi connectivity index (χ3v) is 2.16. The van der Waals surface area contributed by atoms with Gasteiger partial charge < -0.3 is 9.52 Å². The van der Waals surface area contributed by atoms with Gasteiger partial charge in [-0.3, -0.25) is 0 Å². The number of fused-ring (bicyclic) bond motifs is 1. The minimum atomic E-state index is -0.583. The second-order valence-electron chi connectivity index (χ2n) is 3.23. The van der Waals surface area contributed by atoms with Gasteiger partial charge in [0.05, 0.1) is 0 Å². The first-order valence-corrected chi connectivity index (χ1v) is 4.58. The van der Waals surface area contributed by atoms with Crippen molar-refractivity contribution in [2.45, 2.75) is 12.5 Å². The summed E-state index contributed by atoms with van der Waals surface area (Å²) in [7, 11) is 0. The van der Waals surface area contributed by atoms with E-state index < -0.39 is 6.10 Å². The first-order valence-electron chi connectivity index (χ1n) is 4.58. The largest absolute Gasteiger partial charge is 0.458 e. The van der Waals surface area contributed by atoms with E-state index >= 15 is 0 Å². The van der Waals surface area contributed by atoms with Crippen LogP contribution in [0.5, 0.6) is 0 Å². The number of para-hydroxylation sites is 1. The molecule has 0 amide bonds. The first kappa shape index (κ1) is 9.03. The molecule has 1 unspecified atom stereocenters. The molecule has 1 N–H and O–H groups in total. The summed E-state index contributed by atoms with van der Waals surface area (Å²) in [5, 5.41) is 10.7. The lowest BCUT2D eigenvalue weighted by Gasteiger charge is -2.01. The lowest BCUT2D eigenvalue weighted by molar-refractivity contribution is 0.155. The molecule has 72 valence electrons. The van der Waals surface area contributed by atoms with Crippen molar-refractivity contribution in [3.8, 4) is 0 Å². The molecule has 14 heavy (non-hydrogen) atoms. The minimum Gasteiger partial charge on any atom is -0.458 e. The first-order chi connectivity index (χ1) is 6.81. The third kappa shape index (κ3) is 1.56.